The lowest BCUT2D eigenvalue weighted by atomic mass is 9.98. The average molecular weight is 300 g/mol. The van der Waals surface area contributed by atoms with E-state index >= 15 is 0 Å². The first-order chi connectivity index (χ1) is 9.77. The molecule has 0 aliphatic carbocycles. The number of amides is 2. The van der Waals surface area contributed by atoms with E-state index in [1.165, 1.54) is 4.90 Å². The number of alkyl halides is 3. The highest BCUT2D eigenvalue weighted by atomic mass is 19.4. The van der Waals surface area contributed by atoms with E-state index in [1.807, 2.05) is 26.0 Å². The van der Waals surface area contributed by atoms with E-state index in [2.05, 4.69) is 5.32 Å². The number of hydrogen-bond acceptors (Lipinski definition) is 1. The third-order valence-corrected chi connectivity index (χ3v) is 3.80. The summed E-state index contributed by atoms with van der Waals surface area (Å²) in [5.41, 5.74) is 2.60. The maximum Gasteiger partial charge on any atom is 0.393 e. The van der Waals surface area contributed by atoms with Crippen molar-refractivity contribution in [2.45, 2.75) is 32.9 Å². The van der Waals surface area contributed by atoms with Crippen LogP contribution in [0.25, 0.3) is 0 Å². The maximum absolute atomic E-state index is 12.8. The van der Waals surface area contributed by atoms with Gasteiger partial charge in [0.2, 0.25) is 0 Å². The standard InChI is InChI=1S/C15H19F3N2O/c1-10-5-6-13(11(2)8-10)19-14(21)20-7-3-4-12(9-20)15(16,17)18/h5-6,8,12H,3-4,7,9H2,1-2H3,(H,19,21)/t12-/m1/s1. The number of urea groups is 1. The zero-order valence-corrected chi connectivity index (χ0v) is 12.1. The molecular weight excluding hydrogens is 281 g/mol. The Morgan fingerprint density at radius 1 is 1.33 bits per heavy atom. The van der Waals surface area contributed by atoms with Crippen LogP contribution in [0.15, 0.2) is 18.2 Å². The van der Waals surface area contributed by atoms with Crippen molar-refractivity contribution in [1.82, 2.24) is 4.90 Å². The van der Waals surface area contributed by atoms with Gasteiger partial charge in [0.05, 0.1) is 5.92 Å². The largest absolute Gasteiger partial charge is 0.393 e. The Balaban J connectivity index is 2.03. The second-order valence-corrected chi connectivity index (χ2v) is 5.58. The monoisotopic (exact) mass is 300 g/mol. The summed E-state index contributed by atoms with van der Waals surface area (Å²) in [4.78, 5) is 13.4. The van der Waals surface area contributed by atoms with E-state index in [1.54, 1.807) is 6.07 Å². The summed E-state index contributed by atoms with van der Waals surface area (Å²) in [7, 11) is 0. The molecule has 6 heteroatoms. The Bertz CT molecular complexity index is 528. The zero-order chi connectivity index (χ0) is 15.6. The lowest BCUT2D eigenvalue weighted by molar-refractivity contribution is -0.183. The van der Waals surface area contributed by atoms with Gasteiger partial charge in [-0.25, -0.2) is 4.79 Å². The molecule has 1 fully saturated rings. The minimum Gasteiger partial charge on any atom is -0.324 e. The molecule has 0 bridgehead atoms. The number of rotatable bonds is 1. The highest BCUT2D eigenvalue weighted by Crippen LogP contribution is 2.33. The molecule has 1 aliphatic heterocycles. The minimum atomic E-state index is -4.24. The maximum atomic E-state index is 12.8. The molecule has 0 radical (unpaired) electrons. The predicted octanol–water partition coefficient (Wildman–Crippen LogP) is 4.11. The quantitative estimate of drug-likeness (QED) is 0.831. The Morgan fingerprint density at radius 2 is 2.05 bits per heavy atom. The van der Waals surface area contributed by atoms with Gasteiger partial charge in [-0.2, -0.15) is 13.2 Å². The van der Waals surface area contributed by atoms with Crippen molar-refractivity contribution in [3.63, 3.8) is 0 Å². The molecule has 1 aromatic rings. The lowest BCUT2D eigenvalue weighted by Crippen LogP contribution is -2.46. The van der Waals surface area contributed by atoms with E-state index in [0.717, 1.165) is 11.1 Å². The molecule has 1 N–H and O–H groups in total. The molecule has 116 valence electrons. The lowest BCUT2D eigenvalue weighted by Gasteiger charge is -2.33. The molecule has 0 aromatic heterocycles. The Labute approximate surface area is 122 Å². The van der Waals surface area contributed by atoms with Crippen LogP contribution in [0.1, 0.15) is 24.0 Å². The van der Waals surface area contributed by atoms with Crippen LogP contribution in [0.5, 0.6) is 0 Å². The summed E-state index contributed by atoms with van der Waals surface area (Å²) < 4.78 is 38.3. The molecule has 1 atom stereocenters. The van der Waals surface area contributed by atoms with Gasteiger partial charge in [0.25, 0.3) is 0 Å². The van der Waals surface area contributed by atoms with Crippen molar-refractivity contribution >= 4 is 11.7 Å². The van der Waals surface area contributed by atoms with Gasteiger partial charge in [-0.15, -0.1) is 0 Å². The molecule has 0 saturated carbocycles. The molecule has 0 unspecified atom stereocenters. The number of aryl methyl sites for hydroxylation is 2. The van der Waals surface area contributed by atoms with Gasteiger partial charge in [-0.1, -0.05) is 17.7 Å². The summed E-state index contributed by atoms with van der Waals surface area (Å²) in [6.07, 6.45) is -3.76. The first kappa shape index (κ1) is 15.7. The van der Waals surface area contributed by atoms with E-state index in [4.69, 9.17) is 0 Å². The number of piperidine rings is 1. The Hall–Kier alpha value is -1.72. The van der Waals surface area contributed by atoms with E-state index in [-0.39, 0.29) is 13.0 Å². The van der Waals surface area contributed by atoms with Gasteiger partial charge in [-0.3, -0.25) is 0 Å². The molecule has 3 nitrogen and oxygen atoms in total. The molecule has 2 rings (SSSR count). The number of anilines is 1. The normalized spacial score (nSPS) is 19.5. The van der Waals surface area contributed by atoms with Crippen LogP contribution in [0.2, 0.25) is 0 Å². The van der Waals surface area contributed by atoms with Crippen LogP contribution in [-0.2, 0) is 0 Å². The molecule has 1 aliphatic rings. The number of likely N-dealkylation sites (tertiary alicyclic amines) is 1. The van der Waals surface area contributed by atoms with Crippen LogP contribution < -0.4 is 5.32 Å². The summed E-state index contributed by atoms with van der Waals surface area (Å²) in [6.45, 7) is 3.90. The van der Waals surface area contributed by atoms with Crippen molar-refractivity contribution in [3.05, 3.63) is 29.3 Å². The minimum absolute atomic E-state index is 0.0941. The second kappa shape index (κ2) is 5.95. The topological polar surface area (TPSA) is 32.3 Å². The van der Waals surface area contributed by atoms with Crippen molar-refractivity contribution in [2.75, 3.05) is 18.4 Å². The number of hydrogen-bond donors (Lipinski definition) is 1. The van der Waals surface area contributed by atoms with Crippen LogP contribution in [0.4, 0.5) is 23.7 Å². The molecule has 0 spiro atoms. The fraction of sp³-hybridized carbons (Fsp3) is 0.533. The number of carbonyl (C=O) groups is 1. The number of carbonyl (C=O) groups excluding carboxylic acids is 1. The van der Waals surface area contributed by atoms with Crippen LogP contribution in [0.3, 0.4) is 0 Å². The second-order valence-electron chi connectivity index (χ2n) is 5.58. The molecule has 2 amide bonds. The Morgan fingerprint density at radius 3 is 2.67 bits per heavy atom. The first-order valence-corrected chi connectivity index (χ1v) is 6.97. The summed E-state index contributed by atoms with van der Waals surface area (Å²) in [6, 6.07) is 5.09. The SMILES string of the molecule is Cc1ccc(NC(=O)N2CCC[C@@H](C(F)(F)F)C2)c(C)c1. The first-order valence-electron chi connectivity index (χ1n) is 6.97. The highest BCUT2D eigenvalue weighted by molar-refractivity contribution is 5.90. The molecule has 21 heavy (non-hydrogen) atoms. The number of benzene rings is 1. The fourth-order valence-electron chi connectivity index (χ4n) is 2.58. The highest BCUT2D eigenvalue weighted by Gasteiger charge is 2.42. The summed E-state index contributed by atoms with van der Waals surface area (Å²) in [5, 5.41) is 2.70. The van der Waals surface area contributed by atoms with E-state index in [0.29, 0.717) is 18.7 Å². The average Bonchev–Trinajstić information content (AvgIpc) is 2.41. The number of nitrogens with zero attached hydrogens (tertiary/aromatic N) is 1. The van der Waals surface area contributed by atoms with Crippen molar-refractivity contribution < 1.29 is 18.0 Å². The number of nitrogens with one attached hydrogen (secondary N) is 1. The van der Waals surface area contributed by atoms with Crippen LogP contribution >= 0.6 is 0 Å². The van der Waals surface area contributed by atoms with Crippen molar-refractivity contribution in [3.8, 4) is 0 Å². The van der Waals surface area contributed by atoms with Gasteiger partial charge in [0.1, 0.15) is 0 Å². The fourth-order valence-corrected chi connectivity index (χ4v) is 2.58. The van der Waals surface area contributed by atoms with Gasteiger partial charge < -0.3 is 10.2 Å². The summed E-state index contributed by atoms with van der Waals surface area (Å²) in [5.74, 6) is -1.42. The zero-order valence-electron chi connectivity index (χ0n) is 12.1. The van der Waals surface area contributed by atoms with Gasteiger partial charge in [-0.05, 0) is 38.3 Å². The van der Waals surface area contributed by atoms with E-state index in [9.17, 15) is 18.0 Å². The molecular formula is C15H19F3N2O. The smallest absolute Gasteiger partial charge is 0.324 e. The molecule has 1 heterocycles. The molecule has 1 aromatic carbocycles. The molecule has 1 saturated heterocycles. The Kier molecular flexibility index (Phi) is 4.44. The number of halogens is 3. The van der Waals surface area contributed by atoms with Crippen LogP contribution in [-0.4, -0.2) is 30.2 Å². The van der Waals surface area contributed by atoms with Crippen molar-refractivity contribution in [2.24, 2.45) is 5.92 Å². The third kappa shape index (κ3) is 3.89. The van der Waals surface area contributed by atoms with Crippen molar-refractivity contribution in [1.29, 1.82) is 0 Å². The van der Waals surface area contributed by atoms with Gasteiger partial charge in [0, 0.05) is 18.8 Å². The van der Waals surface area contributed by atoms with Crippen LogP contribution in [0, 0.1) is 19.8 Å². The predicted molar refractivity (Wildman–Crippen MR) is 75.3 cm³/mol. The third-order valence-electron chi connectivity index (χ3n) is 3.80. The van der Waals surface area contributed by atoms with Gasteiger partial charge in [0.15, 0.2) is 0 Å². The van der Waals surface area contributed by atoms with E-state index < -0.39 is 18.1 Å². The summed E-state index contributed by atoms with van der Waals surface area (Å²) >= 11 is 0. The van der Waals surface area contributed by atoms with Gasteiger partial charge >= 0.3 is 12.2 Å².